The molecule has 154 valence electrons. The van der Waals surface area contributed by atoms with Crippen LogP contribution in [0.15, 0.2) is 72.8 Å². The largest absolute Gasteiger partial charge is 0.329 e. The fourth-order valence-electron chi connectivity index (χ4n) is 2.57. The third-order valence-electron chi connectivity index (χ3n) is 4.16. The van der Waals surface area contributed by atoms with Gasteiger partial charge in [0, 0.05) is 22.2 Å². The minimum Gasteiger partial charge on any atom is -0.322 e. The van der Waals surface area contributed by atoms with E-state index in [0.29, 0.717) is 11.4 Å². The van der Waals surface area contributed by atoms with Gasteiger partial charge in [-0.15, -0.1) is 0 Å². The zero-order valence-corrected chi connectivity index (χ0v) is 16.8. The molecule has 0 aromatic heterocycles. The van der Waals surface area contributed by atoms with Crippen molar-refractivity contribution in [1.82, 2.24) is 4.72 Å². The number of benzene rings is 3. The Labute approximate surface area is 177 Å². The summed E-state index contributed by atoms with van der Waals surface area (Å²) in [5.41, 5.74) is 2.14. The second-order valence-corrected chi connectivity index (χ2v) is 7.56. The highest BCUT2D eigenvalue weighted by molar-refractivity contribution is 7.98. The molecule has 0 radical (unpaired) electrons. The molecule has 0 bridgehead atoms. The lowest BCUT2D eigenvalue weighted by Gasteiger charge is -2.13. The van der Waals surface area contributed by atoms with E-state index in [1.165, 1.54) is 42.3 Å². The molecule has 0 aliphatic rings. The van der Waals surface area contributed by atoms with Gasteiger partial charge in [-0.3, -0.25) is 9.52 Å². The predicted molar refractivity (Wildman–Crippen MR) is 115 cm³/mol. The van der Waals surface area contributed by atoms with E-state index < -0.39 is 17.8 Å². The van der Waals surface area contributed by atoms with Gasteiger partial charge in [0.1, 0.15) is 11.6 Å². The van der Waals surface area contributed by atoms with Crippen molar-refractivity contribution in [2.75, 3.05) is 10.6 Å². The average Bonchev–Trinajstić information content (AvgIpc) is 2.74. The topological polar surface area (TPSA) is 70.2 Å². The fourth-order valence-corrected chi connectivity index (χ4v) is 3.20. The van der Waals surface area contributed by atoms with Crippen LogP contribution in [0.25, 0.3) is 0 Å². The Morgan fingerprint density at radius 1 is 0.833 bits per heavy atom. The van der Waals surface area contributed by atoms with Gasteiger partial charge in [-0.1, -0.05) is 18.2 Å². The van der Waals surface area contributed by atoms with E-state index in [4.69, 9.17) is 0 Å². The van der Waals surface area contributed by atoms with Crippen molar-refractivity contribution >= 4 is 35.3 Å². The zero-order chi connectivity index (χ0) is 21.5. The first kappa shape index (κ1) is 21.3. The molecule has 1 atom stereocenters. The van der Waals surface area contributed by atoms with E-state index in [0.717, 1.165) is 11.6 Å². The number of anilines is 2. The van der Waals surface area contributed by atoms with Gasteiger partial charge in [0.2, 0.25) is 0 Å². The second-order valence-electron chi connectivity index (χ2n) is 6.41. The smallest absolute Gasteiger partial charge is 0.322 e. The van der Waals surface area contributed by atoms with Crippen LogP contribution in [0, 0.1) is 11.6 Å². The lowest BCUT2D eigenvalue weighted by Crippen LogP contribution is -2.23. The SMILES string of the molecule is CC(SNC(=O)Nc1ccc(NC(=O)c2cccc(F)c2)cc1)c1ccc(F)cc1. The number of rotatable bonds is 6. The molecule has 0 heterocycles. The summed E-state index contributed by atoms with van der Waals surface area (Å²) in [6.45, 7) is 1.90. The molecule has 0 fully saturated rings. The maximum Gasteiger partial charge on any atom is 0.329 e. The van der Waals surface area contributed by atoms with Crippen molar-refractivity contribution in [2.24, 2.45) is 0 Å². The lowest BCUT2D eigenvalue weighted by molar-refractivity contribution is 0.102. The van der Waals surface area contributed by atoms with Crippen LogP contribution in [0.4, 0.5) is 25.0 Å². The molecule has 0 aliphatic carbocycles. The second kappa shape index (κ2) is 9.89. The molecule has 0 saturated carbocycles. The number of amides is 3. The summed E-state index contributed by atoms with van der Waals surface area (Å²) in [6, 6.07) is 17.6. The molecule has 0 spiro atoms. The standard InChI is InChI=1S/C22H19F2N3O2S/c1-14(15-5-7-17(23)8-6-15)30-27-22(29)26-20-11-9-19(10-12-20)25-21(28)16-3-2-4-18(24)13-16/h2-14H,1H3,(H,25,28)(H2,26,27,29). The summed E-state index contributed by atoms with van der Waals surface area (Å²) in [6.07, 6.45) is 0. The van der Waals surface area contributed by atoms with Gasteiger partial charge < -0.3 is 10.6 Å². The number of carbonyl (C=O) groups is 2. The molecule has 5 nitrogen and oxygen atoms in total. The Morgan fingerprint density at radius 2 is 1.47 bits per heavy atom. The van der Waals surface area contributed by atoms with Crippen molar-refractivity contribution in [3.63, 3.8) is 0 Å². The third-order valence-corrected chi connectivity index (χ3v) is 5.08. The molecule has 3 N–H and O–H groups in total. The van der Waals surface area contributed by atoms with Gasteiger partial charge in [-0.2, -0.15) is 0 Å². The third kappa shape index (κ3) is 6.05. The molecule has 8 heteroatoms. The monoisotopic (exact) mass is 427 g/mol. The quantitative estimate of drug-likeness (QED) is 0.439. The van der Waals surface area contributed by atoms with Crippen LogP contribution in [0.1, 0.15) is 28.1 Å². The molecule has 1 unspecified atom stereocenters. The van der Waals surface area contributed by atoms with E-state index in [1.54, 1.807) is 36.4 Å². The minimum atomic E-state index is -0.486. The average molecular weight is 427 g/mol. The van der Waals surface area contributed by atoms with Gasteiger partial charge in [-0.05, 0) is 79.0 Å². The molecule has 3 aromatic carbocycles. The van der Waals surface area contributed by atoms with E-state index in [1.807, 2.05) is 6.92 Å². The van der Waals surface area contributed by atoms with E-state index in [9.17, 15) is 18.4 Å². The summed E-state index contributed by atoms with van der Waals surface area (Å²) < 4.78 is 28.9. The van der Waals surface area contributed by atoms with Crippen molar-refractivity contribution in [3.8, 4) is 0 Å². The highest BCUT2D eigenvalue weighted by Crippen LogP contribution is 2.25. The van der Waals surface area contributed by atoms with Crippen LogP contribution in [0.5, 0.6) is 0 Å². The summed E-state index contributed by atoms with van der Waals surface area (Å²) in [5.74, 6) is -1.23. The summed E-state index contributed by atoms with van der Waals surface area (Å²) in [4.78, 5) is 24.2. The van der Waals surface area contributed by atoms with Crippen LogP contribution in [0.3, 0.4) is 0 Å². The Hall–Kier alpha value is -3.39. The molecule has 3 aromatic rings. The van der Waals surface area contributed by atoms with E-state index in [2.05, 4.69) is 15.4 Å². The first-order chi connectivity index (χ1) is 14.4. The number of hydrogen-bond acceptors (Lipinski definition) is 3. The molecule has 0 saturated heterocycles. The zero-order valence-electron chi connectivity index (χ0n) is 16.0. The van der Waals surface area contributed by atoms with Gasteiger partial charge in [0.15, 0.2) is 0 Å². The molecule has 0 aliphatic heterocycles. The highest BCUT2D eigenvalue weighted by atomic mass is 32.2. The van der Waals surface area contributed by atoms with Crippen LogP contribution in [0.2, 0.25) is 0 Å². The lowest BCUT2D eigenvalue weighted by atomic mass is 10.2. The van der Waals surface area contributed by atoms with Crippen LogP contribution < -0.4 is 15.4 Å². The van der Waals surface area contributed by atoms with Crippen molar-refractivity contribution in [1.29, 1.82) is 0 Å². The first-order valence-corrected chi connectivity index (χ1v) is 9.94. The van der Waals surface area contributed by atoms with Crippen molar-refractivity contribution < 1.29 is 18.4 Å². The number of carbonyl (C=O) groups excluding carboxylic acids is 2. The number of urea groups is 1. The predicted octanol–water partition coefficient (Wildman–Crippen LogP) is 5.75. The Morgan fingerprint density at radius 3 is 2.10 bits per heavy atom. The molecule has 30 heavy (non-hydrogen) atoms. The van der Waals surface area contributed by atoms with Gasteiger partial charge in [0.05, 0.1) is 0 Å². The first-order valence-electron chi connectivity index (χ1n) is 9.06. The Bertz CT molecular complexity index is 1030. The number of nitrogens with one attached hydrogen (secondary N) is 3. The minimum absolute atomic E-state index is 0.0586. The van der Waals surface area contributed by atoms with Gasteiger partial charge in [-0.25, -0.2) is 13.6 Å². The highest BCUT2D eigenvalue weighted by Gasteiger charge is 2.10. The van der Waals surface area contributed by atoms with Gasteiger partial charge in [0.25, 0.3) is 5.91 Å². The summed E-state index contributed by atoms with van der Waals surface area (Å²) >= 11 is 1.20. The van der Waals surface area contributed by atoms with E-state index in [-0.39, 0.29) is 16.6 Å². The van der Waals surface area contributed by atoms with E-state index >= 15 is 0 Å². The van der Waals surface area contributed by atoms with Crippen LogP contribution in [-0.4, -0.2) is 11.9 Å². The van der Waals surface area contributed by atoms with Crippen molar-refractivity contribution in [2.45, 2.75) is 12.2 Å². The molecule has 3 amide bonds. The molecule has 3 rings (SSSR count). The fraction of sp³-hybridized carbons (Fsp3) is 0.0909. The van der Waals surface area contributed by atoms with Gasteiger partial charge >= 0.3 is 6.03 Å². The number of hydrogen-bond donors (Lipinski definition) is 3. The Balaban J connectivity index is 1.49. The van der Waals surface area contributed by atoms with Crippen molar-refractivity contribution in [3.05, 3.63) is 95.6 Å². The summed E-state index contributed by atoms with van der Waals surface area (Å²) in [7, 11) is 0. The maximum atomic E-state index is 13.2. The Kier molecular flexibility index (Phi) is 7.03. The summed E-state index contributed by atoms with van der Waals surface area (Å²) in [5, 5.41) is 5.29. The number of halogens is 2. The van der Waals surface area contributed by atoms with Crippen LogP contribution >= 0.6 is 11.9 Å². The normalized spacial score (nSPS) is 11.4. The maximum absolute atomic E-state index is 13.2. The van der Waals surface area contributed by atoms with Crippen LogP contribution in [-0.2, 0) is 0 Å². The molecular formula is C22H19F2N3O2S. The molecular weight excluding hydrogens is 408 g/mol.